The number of hydrogen-bond donors (Lipinski definition) is 0. The molecular formula is C43H26BF2N3S. The van der Waals surface area contributed by atoms with Gasteiger partial charge in [-0.2, -0.15) is 0 Å². The molecule has 2 aliphatic heterocycles. The summed E-state index contributed by atoms with van der Waals surface area (Å²) in [6.45, 7) is -0.185. The third-order valence-corrected chi connectivity index (χ3v) is 12.0. The Morgan fingerprint density at radius 2 is 1.10 bits per heavy atom. The van der Waals surface area contributed by atoms with Crippen LogP contribution < -0.4 is 26.2 Å². The number of hydrogen-bond acceptors (Lipinski definition) is 3. The zero-order valence-corrected chi connectivity index (χ0v) is 27.7. The van der Waals surface area contributed by atoms with E-state index in [0.29, 0.717) is 11.4 Å². The molecule has 0 aliphatic carbocycles. The van der Waals surface area contributed by atoms with E-state index in [1.807, 2.05) is 30.3 Å². The van der Waals surface area contributed by atoms with Gasteiger partial charge in [0.25, 0.3) is 6.71 Å². The molecule has 0 radical (unpaired) electrons. The van der Waals surface area contributed by atoms with Crippen LogP contribution in [0.2, 0.25) is 0 Å². The molecule has 0 spiro atoms. The van der Waals surface area contributed by atoms with Crippen LogP contribution in [0, 0.1) is 11.6 Å². The Balaban J connectivity index is 1.33. The lowest BCUT2D eigenvalue weighted by Crippen LogP contribution is -2.61. The van der Waals surface area contributed by atoms with E-state index < -0.39 is 0 Å². The van der Waals surface area contributed by atoms with E-state index in [1.54, 1.807) is 23.5 Å². The van der Waals surface area contributed by atoms with Crippen LogP contribution in [0.5, 0.6) is 0 Å². The third kappa shape index (κ3) is 3.52. The zero-order chi connectivity index (χ0) is 33.2. The highest BCUT2D eigenvalue weighted by Gasteiger charge is 2.47. The molecule has 9 aromatic rings. The van der Waals surface area contributed by atoms with Gasteiger partial charge in [-0.15, -0.1) is 11.3 Å². The molecule has 50 heavy (non-hydrogen) atoms. The van der Waals surface area contributed by atoms with E-state index in [4.69, 9.17) is 0 Å². The minimum Gasteiger partial charge on any atom is -0.330 e. The first-order chi connectivity index (χ1) is 24.6. The number of rotatable bonds is 2. The summed E-state index contributed by atoms with van der Waals surface area (Å²) in [5.74, 6) is 0.325. The second kappa shape index (κ2) is 10.1. The normalized spacial score (nSPS) is 13.4. The van der Waals surface area contributed by atoms with E-state index in [1.165, 1.54) is 33.0 Å². The summed E-state index contributed by atoms with van der Waals surface area (Å²) in [5, 5.41) is 5.87. The van der Waals surface area contributed by atoms with Crippen molar-refractivity contribution in [2.24, 2.45) is 7.05 Å². The lowest BCUT2D eigenvalue weighted by molar-refractivity contribution is 0.628. The molecule has 0 amide bonds. The monoisotopic (exact) mass is 665 g/mol. The van der Waals surface area contributed by atoms with Gasteiger partial charge in [0.1, 0.15) is 17.5 Å². The van der Waals surface area contributed by atoms with Crippen molar-refractivity contribution in [3.05, 3.63) is 151 Å². The van der Waals surface area contributed by atoms with Gasteiger partial charge in [0, 0.05) is 39.4 Å². The Bertz CT molecular complexity index is 2910. The molecular weight excluding hydrogens is 639 g/mol. The van der Waals surface area contributed by atoms with Gasteiger partial charge in [0.05, 0.1) is 21.8 Å². The highest BCUT2D eigenvalue weighted by molar-refractivity contribution is 7.27. The van der Waals surface area contributed by atoms with Crippen molar-refractivity contribution >= 4 is 111 Å². The SMILES string of the molecule is Cn1c2c(c3ccccc31)B1c3ccc4c(sc5c6ccccc6ccc45)c3N(c3ccccc3F)c3cccc(c31)N2c1ccccc1F. The molecule has 0 unspecified atom stereocenters. The van der Waals surface area contributed by atoms with E-state index >= 15 is 8.78 Å². The molecule has 0 bridgehead atoms. The van der Waals surface area contributed by atoms with Crippen molar-refractivity contribution in [2.75, 3.05) is 9.80 Å². The van der Waals surface area contributed by atoms with Crippen LogP contribution in [0.3, 0.4) is 0 Å². The van der Waals surface area contributed by atoms with Crippen LogP contribution in [0.4, 0.5) is 43.0 Å². The lowest BCUT2D eigenvalue weighted by atomic mass is 9.33. The van der Waals surface area contributed by atoms with E-state index in [0.717, 1.165) is 60.3 Å². The van der Waals surface area contributed by atoms with Gasteiger partial charge >= 0.3 is 0 Å². The van der Waals surface area contributed by atoms with E-state index in [2.05, 4.69) is 106 Å². The minimum absolute atomic E-state index is 0.185. The average molecular weight is 666 g/mol. The summed E-state index contributed by atoms with van der Waals surface area (Å²) in [4.78, 5) is 4.18. The Hall–Kier alpha value is -5.92. The average Bonchev–Trinajstić information content (AvgIpc) is 3.68. The van der Waals surface area contributed by atoms with Crippen molar-refractivity contribution in [3.63, 3.8) is 0 Å². The maximum Gasteiger partial charge on any atom is 0.255 e. The maximum atomic E-state index is 16.2. The van der Waals surface area contributed by atoms with Crippen LogP contribution in [0.15, 0.2) is 140 Å². The smallest absolute Gasteiger partial charge is 0.255 e. The quantitative estimate of drug-likeness (QED) is 0.170. The van der Waals surface area contributed by atoms with Crippen molar-refractivity contribution in [1.29, 1.82) is 0 Å². The topological polar surface area (TPSA) is 11.4 Å². The van der Waals surface area contributed by atoms with Crippen LogP contribution in [-0.2, 0) is 7.05 Å². The summed E-state index contributed by atoms with van der Waals surface area (Å²) in [6, 6.07) is 46.1. The first kappa shape index (κ1) is 28.0. The van der Waals surface area contributed by atoms with Crippen molar-refractivity contribution in [1.82, 2.24) is 4.57 Å². The number of halogens is 2. The third-order valence-electron chi connectivity index (χ3n) is 10.7. The zero-order valence-electron chi connectivity index (χ0n) is 26.9. The molecule has 236 valence electrons. The van der Waals surface area contributed by atoms with Crippen LogP contribution in [-0.4, -0.2) is 11.3 Å². The number of para-hydroxylation sites is 3. The fourth-order valence-electron chi connectivity index (χ4n) is 8.67. The number of aryl methyl sites for hydroxylation is 1. The van der Waals surface area contributed by atoms with Gasteiger partial charge in [-0.3, -0.25) is 4.90 Å². The minimum atomic E-state index is -0.305. The number of anilines is 6. The molecule has 2 aliphatic rings. The van der Waals surface area contributed by atoms with Crippen LogP contribution >= 0.6 is 11.3 Å². The first-order valence-corrected chi connectivity index (χ1v) is 17.6. The van der Waals surface area contributed by atoms with Gasteiger partial charge in [0.15, 0.2) is 0 Å². The fourth-order valence-corrected chi connectivity index (χ4v) is 10.1. The van der Waals surface area contributed by atoms with E-state index in [9.17, 15) is 0 Å². The Morgan fingerprint density at radius 3 is 1.88 bits per heavy atom. The van der Waals surface area contributed by atoms with Gasteiger partial charge in [-0.1, -0.05) is 97.1 Å². The second-order valence-corrected chi connectivity index (χ2v) is 14.2. The highest BCUT2D eigenvalue weighted by atomic mass is 32.1. The van der Waals surface area contributed by atoms with Crippen molar-refractivity contribution < 1.29 is 8.78 Å². The second-order valence-electron chi connectivity index (χ2n) is 13.2. The molecule has 0 saturated carbocycles. The molecule has 3 nitrogen and oxygen atoms in total. The summed E-state index contributed by atoms with van der Waals surface area (Å²) < 4.78 is 36.7. The number of aromatic nitrogens is 1. The fraction of sp³-hybridized carbons (Fsp3) is 0.0233. The molecule has 0 N–H and O–H groups in total. The number of benzene rings is 7. The Kier molecular flexibility index (Phi) is 5.63. The number of thiophene rings is 1. The lowest BCUT2D eigenvalue weighted by Gasteiger charge is -2.43. The molecule has 11 rings (SSSR count). The largest absolute Gasteiger partial charge is 0.330 e. The predicted molar refractivity (Wildman–Crippen MR) is 207 cm³/mol. The molecule has 7 heteroatoms. The van der Waals surface area contributed by atoms with Crippen molar-refractivity contribution in [3.8, 4) is 0 Å². The molecule has 7 aromatic carbocycles. The van der Waals surface area contributed by atoms with Crippen molar-refractivity contribution in [2.45, 2.75) is 0 Å². The number of nitrogens with zero attached hydrogens (tertiary/aromatic N) is 3. The highest BCUT2D eigenvalue weighted by Crippen LogP contribution is 2.50. The molecule has 0 saturated heterocycles. The molecule has 0 fully saturated rings. The summed E-state index contributed by atoms with van der Waals surface area (Å²) in [6.07, 6.45) is 0. The molecule has 4 heterocycles. The van der Waals surface area contributed by atoms with Gasteiger partial charge < -0.3 is 9.47 Å². The number of fused-ring (bicyclic) bond motifs is 12. The molecule has 2 aromatic heterocycles. The Labute approximate surface area is 290 Å². The van der Waals surface area contributed by atoms with Crippen LogP contribution in [0.25, 0.3) is 41.8 Å². The van der Waals surface area contributed by atoms with E-state index in [-0.39, 0.29) is 18.3 Å². The molecule has 0 atom stereocenters. The van der Waals surface area contributed by atoms with Gasteiger partial charge in [-0.05, 0) is 75.0 Å². The maximum absolute atomic E-state index is 16.2. The Morgan fingerprint density at radius 1 is 0.500 bits per heavy atom. The summed E-state index contributed by atoms with van der Waals surface area (Å²) >= 11 is 1.78. The standard InChI is InChI=1S/C43H26BF2N3S/c1-47-33-16-7-4-13-29(33)38-43(47)49(35-18-9-6-15-32(35)46)37-20-10-19-36-39(37)44(38)30-24-23-28-27-22-21-25-11-2-3-12-26(25)41(27)50-42(28)40(30)48(36)34-17-8-5-14-31(34)45/h2-24H,1H3. The summed E-state index contributed by atoms with van der Waals surface area (Å²) in [7, 11) is 2.07. The predicted octanol–water partition coefficient (Wildman–Crippen LogP) is 10.1. The van der Waals surface area contributed by atoms with Gasteiger partial charge in [0.2, 0.25) is 0 Å². The summed E-state index contributed by atoms with van der Waals surface area (Å²) in [5.41, 5.74) is 8.03. The van der Waals surface area contributed by atoms with Crippen LogP contribution in [0.1, 0.15) is 0 Å². The van der Waals surface area contributed by atoms with Gasteiger partial charge in [-0.25, -0.2) is 8.78 Å². The first-order valence-electron chi connectivity index (χ1n) is 16.8.